The summed E-state index contributed by atoms with van der Waals surface area (Å²) in [6.45, 7) is 6.80. The van der Waals surface area contributed by atoms with Crippen LogP contribution in [0, 0.1) is 11.3 Å². The molecular formula is C19H24O3. The number of carbonyl (C=O) groups excluding carboxylic acids is 1. The van der Waals surface area contributed by atoms with Crippen LogP contribution in [-0.4, -0.2) is 5.78 Å². The van der Waals surface area contributed by atoms with Crippen LogP contribution < -0.4 is 0 Å². The second-order valence-corrected chi connectivity index (χ2v) is 7.36. The predicted octanol–water partition coefficient (Wildman–Crippen LogP) is 4.70. The molecule has 1 fully saturated rings. The Morgan fingerprint density at radius 2 is 1.68 bits per heavy atom. The van der Waals surface area contributed by atoms with Gasteiger partial charge in [-0.05, 0) is 29.7 Å². The summed E-state index contributed by atoms with van der Waals surface area (Å²) in [6.07, 6.45) is 5.29. The van der Waals surface area contributed by atoms with Crippen molar-refractivity contribution < 1.29 is 14.3 Å². The predicted molar refractivity (Wildman–Crippen MR) is 85.0 cm³/mol. The van der Waals surface area contributed by atoms with Gasteiger partial charge < -0.3 is 9.47 Å². The molecule has 2 aliphatic rings. The Morgan fingerprint density at radius 3 is 2.32 bits per heavy atom. The highest BCUT2D eigenvalue weighted by molar-refractivity contribution is 5.87. The Hall–Kier alpha value is -1.77. The fourth-order valence-corrected chi connectivity index (χ4v) is 3.54. The van der Waals surface area contributed by atoms with Gasteiger partial charge in [0.25, 0.3) is 6.29 Å². The lowest BCUT2D eigenvalue weighted by Crippen LogP contribution is -2.31. The van der Waals surface area contributed by atoms with Crippen molar-refractivity contribution in [1.82, 2.24) is 0 Å². The normalized spacial score (nSPS) is 25.9. The van der Waals surface area contributed by atoms with Gasteiger partial charge in [0.1, 0.15) is 18.3 Å². The SMILES string of the molecule is CC(C)(C)C1CCC(=O)C(c2ccccc2C2OC=CO2)C1. The third kappa shape index (κ3) is 2.90. The standard InChI is InChI=1S/C19H24O3/c1-19(2,3)13-8-9-17(20)16(12-13)14-6-4-5-7-15(14)18-21-10-11-22-18/h4-7,10-11,13,16,18H,8-9,12H2,1-3H3. The first-order valence-corrected chi connectivity index (χ1v) is 8.04. The maximum absolute atomic E-state index is 12.5. The third-order valence-electron chi connectivity index (χ3n) is 4.96. The highest BCUT2D eigenvalue weighted by Crippen LogP contribution is 2.44. The Labute approximate surface area is 132 Å². The van der Waals surface area contributed by atoms with Gasteiger partial charge in [-0.2, -0.15) is 0 Å². The molecule has 0 saturated heterocycles. The fourth-order valence-electron chi connectivity index (χ4n) is 3.54. The number of rotatable bonds is 2. The maximum Gasteiger partial charge on any atom is 0.266 e. The molecular weight excluding hydrogens is 276 g/mol. The van der Waals surface area contributed by atoms with E-state index in [4.69, 9.17) is 9.47 Å². The summed E-state index contributed by atoms with van der Waals surface area (Å²) in [7, 11) is 0. The first kappa shape index (κ1) is 15.1. The van der Waals surface area contributed by atoms with Gasteiger partial charge in [0.05, 0.1) is 0 Å². The summed E-state index contributed by atoms with van der Waals surface area (Å²) in [5.41, 5.74) is 2.27. The number of benzene rings is 1. The lowest BCUT2D eigenvalue weighted by atomic mass is 9.67. The summed E-state index contributed by atoms with van der Waals surface area (Å²) in [5.74, 6) is 0.868. The van der Waals surface area contributed by atoms with E-state index in [9.17, 15) is 4.79 Å². The van der Waals surface area contributed by atoms with Crippen LogP contribution in [0.3, 0.4) is 0 Å². The molecule has 118 valence electrons. The zero-order chi connectivity index (χ0) is 15.7. The minimum atomic E-state index is -0.418. The molecule has 1 aliphatic heterocycles. The molecule has 0 aromatic heterocycles. The number of Topliss-reactive ketones (excluding diaryl/α,β-unsaturated/α-hetero) is 1. The van der Waals surface area contributed by atoms with Gasteiger partial charge in [0.2, 0.25) is 0 Å². The van der Waals surface area contributed by atoms with E-state index in [0.29, 0.717) is 18.1 Å². The molecule has 3 nitrogen and oxygen atoms in total. The van der Waals surface area contributed by atoms with Crippen molar-refractivity contribution in [2.75, 3.05) is 0 Å². The van der Waals surface area contributed by atoms with E-state index in [1.807, 2.05) is 24.3 Å². The minimum absolute atomic E-state index is 0.0398. The van der Waals surface area contributed by atoms with Gasteiger partial charge in [0.15, 0.2) is 0 Å². The van der Waals surface area contributed by atoms with Crippen LogP contribution >= 0.6 is 0 Å². The monoisotopic (exact) mass is 300 g/mol. The van der Waals surface area contributed by atoms with Gasteiger partial charge in [-0.15, -0.1) is 0 Å². The first-order valence-electron chi connectivity index (χ1n) is 8.04. The van der Waals surface area contributed by atoms with Crippen LogP contribution in [-0.2, 0) is 14.3 Å². The van der Waals surface area contributed by atoms with Gasteiger partial charge in [-0.1, -0.05) is 45.0 Å². The van der Waals surface area contributed by atoms with Crippen molar-refractivity contribution in [3.05, 3.63) is 47.9 Å². The highest BCUT2D eigenvalue weighted by atomic mass is 16.7. The molecule has 1 saturated carbocycles. The molecule has 1 heterocycles. The molecule has 2 unspecified atom stereocenters. The van der Waals surface area contributed by atoms with E-state index in [-0.39, 0.29) is 11.3 Å². The van der Waals surface area contributed by atoms with Crippen molar-refractivity contribution >= 4 is 5.78 Å². The van der Waals surface area contributed by atoms with Crippen LogP contribution in [0.1, 0.15) is 63.4 Å². The Morgan fingerprint density at radius 1 is 1.05 bits per heavy atom. The van der Waals surface area contributed by atoms with Crippen molar-refractivity contribution in [3.63, 3.8) is 0 Å². The van der Waals surface area contributed by atoms with E-state index in [2.05, 4.69) is 20.8 Å². The van der Waals surface area contributed by atoms with E-state index in [1.165, 1.54) is 0 Å². The van der Waals surface area contributed by atoms with Crippen molar-refractivity contribution in [1.29, 1.82) is 0 Å². The Balaban J connectivity index is 1.90. The minimum Gasteiger partial charge on any atom is -0.455 e. The molecule has 22 heavy (non-hydrogen) atoms. The highest BCUT2D eigenvalue weighted by Gasteiger charge is 2.37. The van der Waals surface area contributed by atoms with Crippen LogP contribution in [0.5, 0.6) is 0 Å². The van der Waals surface area contributed by atoms with E-state index in [0.717, 1.165) is 24.0 Å². The number of carbonyl (C=O) groups is 1. The summed E-state index contributed by atoms with van der Waals surface area (Å²) in [6, 6.07) is 8.02. The zero-order valence-electron chi connectivity index (χ0n) is 13.5. The molecule has 0 radical (unpaired) electrons. The lowest BCUT2D eigenvalue weighted by molar-refractivity contribution is -0.123. The van der Waals surface area contributed by atoms with Gasteiger partial charge >= 0.3 is 0 Å². The first-order chi connectivity index (χ1) is 10.5. The molecule has 0 amide bonds. The molecule has 3 rings (SSSR count). The number of hydrogen-bond acceptors (Lipinski definition) is 3. The van der Waals surface area contributed by atoms with Crippen LogP contribution in [0.15, 0.2) is 36.8 Å². The molecule has 2 atom stereocenters. The van der Waals surface area contributed by atoms with Crippen LogP contribution in [0.2, 0.25) is 0 Å². The van der Waals surface area contributed by atoms with Crippen LogP contribution in [0.4, 0.5) is 0 Å². The van der Waals surface area contributed by atoms with Crippen molar-refractivity contribution in [2.24, 2.45) is 11.3 Å². The Kier molecular flexibility index (Phi) is 3.98. The topological polar surface area (TPSA) is 35.5 Å². The van der Waals surface area contributed by atoms with Gasteiger partial charge in [0, 0.05) is 17.9 Å². The Bertz CT molecular complexity index is 575. The smallest absolute Gasteiger partial charge is 0.266 e. The number of ether oxygens (including phenoxy) is 2. The van der Waals surface area contributed by atoms with E-state index in [1.54, 1.807) is 12.5 Å². The second-order valence-electron chi connectivity index (χ2n) is 7.36. The zero-order valence-corrected chi connectivity index (χ0v) is 13.5. The molecule has 3 heteroatoms. The van der Waals surface area contributed by atoms with Crippen molar-refractivity contribution in [3.8, 4) is 0 Å². The molecule has 1 aromatic carbocycles. The molecule has 1 aliphatic carbocycles. The number of ketones is 1. The average molecular weight is 300 g/mol. The molecule has 0 bridgehead atoms. The summed E-state index contributed by atoms with van der Waals surface area (Å²) in [4.78, 5) is 12.5. The van der Waals surface area contributed by atoms with Gasteiger partial charge in [-0.25, -0.2) is 0 Å². The summed E-state index contributed by atoms with van der Waals surface area (Å²) < 4.78 is 11.0. The lowest BCUT2D eigenvalue weighted by Gasteiger charge is -2.37. The fraction of sp³-hybridized carbons (Fsp3) is 0.526. The van der Waals surface area contributed by atoms with Crippen molar-refractivity contribution in [2.45, 2.75) is 52.2 Å². The van der Waals surface area contributed by atoms with E-state index < -0.39 is 6.29 Å². The van der Waals surface area contributed by atoms with E-state index >= 15 is 0 Å². The summed E-state index contributed by atoms with van der Waals surface area (Å²) in [5, 5.41) is 0. The molecule has 0 spiro atoms. The van der Waals surface area contributed by atoms with Crippen LogP contribution in [0.25, 0.3) is 0 Å². The largest absolute Gasteiger partial charge is 0.455 e. The summed E-state index contributed by atoms with van der Waals surface area (Å²) >= 11 is 0. The quantitative estimate of drug-likeness (QED) is 0.794. The number of hydrogen-bond donors (Lipinski definition) is 0. The average Bonchev–Trinajstić information content (AvgIpc) is 3.00. The molecule has 1 aromatic rings. The van der Waals surface area contributed by atoms with Gasteiger partial charge in [-0.3, -0.25) is 4.79 Å². The second kappa shape index (κ2) is 5.79. The third-order valence-corrected chi connectivity index (χ3v) is 4.96. The molecule has 0 N–H and O–H groups in total. The maximum atomic E-state index is 12.5.